The van der Waals surface area contributed by atoms with Gasteiger partial charge in [0.1, 0.15) is 0 Å². The molecule has 1 atom stereocenters. The summed E-state index contributed by atoms with van der Waals surface area (Å²) in [7, 11) is 0. The minimum atomic E-state index is -0.186. The molecule has 1 fully saturated rings. The molecule has 0 aliphatic carbocycles. The lowest BCUT2D eigenvalue weighted by Gasteiger charge is -2.12. The molecule has 0 aromatic heterocycles. The van der Waals surface area contributed by atoms with E-state index in [9.17, 15) is 9.59 Å². The molecular formula is C13H17Cl2N3O2. The number of amides is 2. The lowest BCUT2D eigenvalue weighted by atomic mass is 10.2. The maximum Gasteiger partial charge on any atom is 0.241 e. The summed E-state index contributed by atoms with van der Waals surface area (Å²) in [5.41, 5.74) is 1.16. The minimum Gasteiger partial charge on any atom is -0.325 e. The van der Waals surface area contributed by atoms with Gasteiger partial charge in [-0.15, -0.1) is 12.4 Å². The van der Waals surface area contributed by atoms with Crippen molar-refractivity contribution >= 4 is 47.2 Å². The van der Waals surface area contributed by atoms with Crippen LogP contribution in [0.2, 0.25) is 5.02 Å². The van der Waals surface area contributed by atoms with E-state index in [1.807, 2.05) is 0 Å². The van der Waals surface area contributed by atoms with Crippen molar-refractivity contribution in [1.29, 1.82) is 0 Å². The standard InChI is InChI=1S/C13H16ClN3O2.ClH/c1-8(18)16-11-5-4-9(7-10(11)14)17-13(19)12-3-2-6-15-12;/h4-5,7,12,15H,2-3,6H2,1H3,(H,16,18)(H,17,19);1H/t12-;/m0./s1. The molecule has 0 saturated carbocycles. The van der Waals surface area contributed by atoms with Crippen molar-refractivity contribution in [3.05, 3.63) is 23.2 Å². The Labute approximate surface area is 128 Å². The number of halogens is 2. The molecule has 1 aromatic carbocycles. The van der Waals surface area contributed by atoms with Crippen LogP contribution < -0.4 is 16.0 Å². The number of carbonyl (C=O) groups excluding carboxylic acids is 2. The van der Waals surface area contributed by atoms with Crippen LogP contribution in [0.15, 0.2) is 18.2 Å². The molecular weight excluding hydrogens is 301 g/mol. The summed E-state index contributed by atoms with van der Waals surface area (Å²) in [6.45, 7) is 2.29. The fraction of sp³-hybridized carbons (Fsp3) is 0.385. The smallest absolute Gasteiger partial charge is 0.241 e. The van der Waals surface area contributed by atoms with Gasteiger partial charge in [0.25, 0.3) is 0 Å². The number of carbonyl (C=O) groups is 2. The maximum absolute atomic E-state index is 11.9. The molecule has 5 nitrogen and oxygen atoms in total. The van der Waals surface area contributed by atoms with Crippen LogP contribution in [0, 0.1) is 0 Å². The van der Waals surface area contributed by atoms with Gasteiger partial charge < -0.3 is 16.0 Å². The Morgan fingerprint density at radius 3 is 2.65 bits per heavy atom. The normalized spacial score (nSPS) is 17.2. The number of hydrogen-bond donors (Lipinski definition) is 3. The first kappa shape index (κ1) is 16.8. The Kier molecular flexibility index (Phi) is 6.26. The van der Waals surface area contributed by atoms with Crippen LogP contribution in [0.25, 0.3) is 0 Å². The van der Waals surface area contributed by atoms with Gasteiger partial charge in [-0.2, -0.15) is 0 Å². The molecule has 7 heteroatoms. The SMILES string of the molecule is CC(=O)Nc1ccc(NC(=O)[C@@H]2CCCN2)cc1Cl.Cl. The van der Waals surface area contributed by atoms with Gasteiger partial charge in [0, 0.05) is 12.6 Å². The highest BCUT2D eigenvalue weighted by molar-refractivity contribution is 6.34. The van der Waals surface area contributed by atoms with Gasteiger partial charge in [-0.25, -0.2) is 0 Å². The van der Waals surface area contributed by atoms with Gasteiger partial charge >= 0.3 is 0 Å². The molecule has 1 aliphatic heterocycles. The van der Waals surface area contributed by atoms with E-state index in [1.54, 1.807) is 18.2 Å². The lowest BCUT2D eigenvalue weighted by Crippen LogP contribution is -2.35. The molecule has 0 unspecified atom stereocenters. The summed E-state index contributed by atoms with van der Waals surface area (Å²) >= 11 is 6.03. The average Bonchev–Trinajstić information content (AvgIpc) is 2.86. The van der Waals surface area contributed by atoms with Crippen molar-refractivity contribution in [2.45, 2.75) is 25.8 Å². The van der Waals surface area contributed by atoms with Crippen molar-refractivity contribution in [3.8, 4) is 0 Å². The van der Waals surface area contributed by atoms with E-state index in [0.717, 1.165) is 19.4 Å². The lowest BCUT2D eigenvalue weighted by molar-refractivity contribution is -0.118. The topological polar surface area (TPSA) is 70.2 Å². The molecule has 1 heterocycles. The van der Waals surface area contributed by atoms with Crippen molar-refractivity contribution < 1.29 is 9.59 Å². The molecule has 20 heavy (non-hydrogen) atoms. The molecule has 0 spiro atoms. The van der Waals surface area contributed by atoms with E-state index in [1.165, 1.54) is 6.92 Å². The summed E-state index contributed by atoms with van der Waals surface area (Å²) in [5, 5.41) is 8.94. The third kappa shape index (κ3) is 4.37. The molecule has 3 N–H and O–H groups in total. The average molecular weight is 318 g/mol. The molecule has 0 radical (unpaired) electrons. The van der Waals surface area contributed by atoms with Crippen molar-refractivity contribution in [2.75, 3.05) is 17.2 Å². The second kappa shape index (κ2) is 7.47. The van der Waals surface area contributed by atoms with E-state index in [-0.39, 0.29) is 30.3 Å². The quantitative estimate of drug-likeness (QED) is 0.801. The summed E-state index contributed by atoms with van der Waals surface area (Å²) in [6.07, 6.45) is 1.86. The highest BCUT2D eigenvalue weighted by Gasteiger charge is 2.21. The van der Waals surface area contributed by atoms with Gasteiger partial charge in [0.15, 0.2) is 0 Å². The van der Waals surface area contributed by atoms with Crippen molar-refractivity contribution in [2.24, 2.45) is 0 Å². The third-order valence-electron chi connectivity index (χ3n) is 2.92. The number of anilines is 2. The van der Waals surface area contributed by atoms with E-state index < -0.39 is 0 Å². The second-order valence-electron chi connectivity index (χ2n) is 4.51. The Morgan fingerprint density at radius 1 is 1.35 bits per heavy atom. The van der Waals surface area contributed by atoms with E-state index >= 15 is 0 Å². The summed E-state index contributed by atoms with van der Waals surface area (Å²) in [4.78, 5) is 22.9. The van der Waals surface area contributed by atoms with Crippen LogP contribution in [0.1, 0.15) is 19.8 Å². The van der Waals surface area contributed by atoms with Crippen LogP contribution in [0.3, 0.4) is 0 Å². The van der Waals surface area contributed by atoms with E-state index in [4.69, 9.17) is 11.6 Å². The van der Waals surface area contributed by atoms with Gasteiger partial charge in [0.05, 0.1) is 16.8 Å². The largest absolute Gasteiger partial charge is 0.325 e. The fourth-order valence-corrected chi connectivity index (χ4v) is 2.25. The number of hydrogen-bond acceptors (Lipinski definition) is 3. The van der Waals surface area contributed by atoms with Crippen molar-refractivity contribution in [1.82, 2.24) is 5.32 Å². The minimum absolute atomic E-state index is 0. The van der Waals surface area contributed by atoms with Crippen molar-refractivity contribution in [3.63, 3.8) is 0 Å². The zero-order chi connectivity index (χ0) is 13.8. The molecule has 0 bridgehead atoms. The predicted molar refractivity (Wildman–Crippen MR) is 82.7 cm³/mol. The first-order chi connectivity index (χ1) is 9.06. The van der Waals surface area contributed by atoms with Gasteiger partial charge in [-0.3, -0.25) is 9.59 Å². The molecule has 1 aromatic rings. The molecule has 1 saturated heterocycles. The maximum atomic E-state index is 11.9. The van der Waals surface area contributed by atoms with Gasteiger partial charge in [-0.05, 0) is 37.6 Å². The highest BCUT2D eigenvalue weighted by Crippen LogP contribution is 2.25. The number of benzene rings is 1. The van der Waals surface area contributed by atoms with Gasteiger partial charge in [-0.1, -0.05) is 11.6 Å². The predicted octanol–water partition coefficient (Wildman–Crippen LogP) is 2.41. The van der Waals surface area contributed by atoms with Crippen LogP contribution >= 0.6 is 24.0 Å². The van der Waals surface area contributed by atoms with Crippen LogP contribution in [-0.4, -0.2) is 24.4 Å². The molecule has 2 rings (SSSR count). The second-order valence-corrected chi connectivity index (χ2v) is 4.92. The molecule has 2 amide bonds. The Bertz CT molecular complexity index is 502. The summed E-state index contributed by atoms with van der Waals surface area (Å²) in [5.74, 6) is -0.241. The van der Waals surface area contributed by atoms with E-state index in [0.29, 0.717) is 16.4 Å². The number of nitrogens with one attached hydrogen (secondary N) is 3. The Morgan fingerprint density at radius 2 is 2.10 bits per heavy atom. The van der Waals surface area contributed by atoms with Crippen LogP contribution in [0.5, 0.6) is 0 Å². The van der Waals surface area contributed by atoms with Crippen LogP contribution in [-0.2, 0) is 9.59 Å². The first-order valence-corrected chi connectivity index (χ1v) is 6.55. The molecule has 110 valence electrons. The summed E-state index contributed by atoms with van der Waals surface area (Å²) < 4.78 is 0. The first-order valence-electron chi connectivity index (χ1n) is 6.17. The van der Waals surface area contributed by atoms with Crippen LogP contribution in [0.4, 0.5) is 11.4 Å². The van der Waals surface area contributed by atoms with Gasteiger partial charge in [0.2, 0.25) is 11.8 Å². The molecule has 1 aliphatic rings. The third-order valence-corrected chi connectivity index (χ3v) is 3.24. The monoisotopic (exact) mass is 317 g/mol. The zero-order valence-corrected chi connectivity index (χ0v) is 12.6. The fourth-order valence-electron chi connectivity index (χ4n) is 2.02. The Hall–Kier alpha value is -1.30. The zero-order valence-electron chi connectivity index (χ0n) is 11.0. The summed E-state index contributed by atoms with van der Waals surface area (Å²) in [6, 6.07) is 4.87. The van der Waals surface area contributed by atoms with E-state index in [2.05, 4.69) is 16.0 Å². The number of rotatable bonds is 3. The Balaban J connectivity index is 0.00000200. The highest BCUT2D eigenvalue weighted by atomic mass is 35.5.